The molecule has 2 aromatic carbocycles. The first-order valence-corrected chi connectivity index (χ1v) is 11.6. The smallest absolute Gasteiger partial charge is 0.286 e. The number of hydrogen-bond acceptors (Lipinski definition) is 6. The van der Waals surface area contributed by atoms with Crippen LogP contribution in [0.3, 0.4) is 0 Å². The van der Waals surface area contributed by atoms with E-state index in [-0.39, 0.29) is 28.1 Å². The van der Waals surface area contributed by atoms with Gasteiger partial charge in [-0.05, 0) is 49.4 Å². The minimum absolute atomic E-state index is 0.0254. The zero-order chi connectivity index (χ0) is 21.8. The van der Waals surface area contributed by atoms with E-state index in [4.69, 9.17) is 0 Å². The van der Waals surface area contributed by atoms with E-state index in [1.54, 1.807) is 42.5 Å². The van der Waals surface area contributed by atoms with Crippen molar-refractivity contribution in [1.29, 1.82) is 0 Å². The average Bonchev–Trinajstić information content (AvgIpc) is 3.16. The molecule has 0 spiro atoms. The van der Waals surface area contributed by atoms with Gasteiger partial charge in [-0.2, -0.15) is 8.42 Å². The maximum Gasteiger partial charge on any atom is 0.286 e. The molecule has 2 heterocycles. The summed E-state index contributed by atoms with van der Waals surface area (Å²) < 4.78 is 30.6. The molecule has 3 N–H and O–H groups in total. The Morgan fingerprint density at radius 3 is 2.65 bits per heavy atom. The molecular formula is C22H22N4O4S. The SMILES string of the molecule is CC1CCC(Nn2c(=O)c(C3=NS(=O)(=O)c4ccccc4N3)c(O)c3ccccc32)C1. The third kappa shape index (κ3) is 3.25. The second-order valence-electron chi connectivity index (χ2n) is 8.16. The topological polar surface area (TPSA) is 113 Å². The summed E-state index contributed by atoms with van der Waals surface area (Å²) in [5.41, 5.74) is 3.38. The van der Waals surface area contributed by atoms with E-state index in [1.807, 2.05) is 0 Å². The first-order valence-electron chi connectivity index (χ1n) is 10.2. The number of aromatic nitrogens is 1. The molecule has 0 amide bonds. The number of anilines is 1. The number of rotatable bonds is 3. The lowest BCUT2D eigenvalue weighted by Crippen LogP contribution is -2.39. The Bertz CT molecular complexity index is 1390. The van der Waals surface area contributed by atoms with Crippen LogP contribution in [0.5, 0.6) is 5.75 Å². The van der Waals surface area contributed by atoms with Crippen molar-refractivity contribution in [2.45, 2.75) is 37.1 Å². The van der Waals surface area contributed by atoms with Crippen molar-refractivity contribution in [1.82, 2.24) is 4.68 Å². The van der Waals surface area contributed by atoms with Gasteiger partial charge in [-0.1, -0.05) is 31.2 Å². The summed E-state index contributed by atoms with van der Waals surface area (Å²) in [5, 5.41) is 14.3. The van der Waals surface area contributed by atoms with Crippen LogP contribution in [0.4, 0.5) is 5.69 Å². The van der Waals surface area contributed by atoms with E-state index in [1.165, 1.54) is 10.7 Å². The molecule has 8 nitrogen and oxygen atoms in total. The maximum absolute atomic E-state index is 13.5. The van der Waals surface area contributed by atoms with Crippen LogP contribution in [-0.4, -0.2) is 30.1 Å². The maximum atomic E-state index is 13.5. The van der Waals surface area contributed by atoms with Gasteiger partial charge in [-0.15, -0.1) is 4.40 Å². The van der Waals surface area contributed by atoms with E-state index < -0.39 is 15.6 Å². The van der Waals surface area contributed by atoms with Crippen LogP contribution < -0.4 is 16.3 Å². The van der Waals surface area contributed by atoms with Crippen molar-refractivity contribution in [2.75, 3.05) is 10.7 Å². The van der Waals surface area contributed by atoms with Crippen LogP contribution in [0.2, 0.25) is 0 Å². The Balaban J connectivity index is 1.72. The highest BCUT2D eigenvalue weighted by Crippen LogP contribution is 2.32. The van der Waals surface area contributed by atoms with E-state index in [9.17, 15) is 18.3 Å². The standard InChI is InChI=1S/C22H22N4O4S/c1-13-10-11-14(12-13)24-26-17-8-4-2-6-15(17)20(27)19(22(26)28)21-23-16-7-3-5-9-18(16)31(29,30)25-21/h2-9,13-14,24,27H,10-12H2,1H3,(H,23,25). The Kier molecular flexibility index (Phi) is 4.51. The summed E-state index contributed by atoms with van der Waals surface area (Å²) in [4.78, 5) is 13.5. The van der Waals surface area contributed by atoms with Crippen LogP contribution in [0.1, 0.15) is 31.7 Å². The third-order valence-electron chi connectivity index (χ3n) is 5.93. The molecule has 1 saturated carbocycles. The summed E-state index contributed by atoms with van der Waals surface area (Å²) in [6, 6.07) is 13.4. The molecule has 0 radical (unpaired) electrons. The molecule has 1 aliphatic heterocycles. The molecule has 0 saturated heterocycles. The molecule has 1 aromatic heterocycles. The third-order valence-corrected chi connectivity index (χ3v) is 7.26. The highest BCUT2D eigenvalue weighted by molar-refractivity contribution is 7.90. The summed E-state index contributed by atoms with van der Waals surface area (Å²) in [6.45, 7) is 2.17. The molecule has 160 valence electrons. The van der Waals surface area contributed by atoms with Crippen molar-refractivity contribution in [2.24, 2.45) is 10.3 Å². The zero-order valence-electron chi connectivity index (χ0n) is 16.9. The number of sulfonamides is 1. The quantitative estimate of drug-likeness (QED) is 0.579. The number of benzene rings is 2. The number of nitrogens with one attached hydrogen (secondary N) is 2. The minimum Gasteiger partial charge on any atom is -0.506 e. The second-order valence-corrected chi connectivity index (χ2v) is 9.73. The van der Waals surface area contributed by atoms with Crippen molar-refractivity contribution in [3.63, 3.8) is 0 Å². The van der Waals surface area contributed by atoms with E-state index >= 15 is 0 Å². The fourth-order valence-corrected chi connectivity index (χ4v) is 5.52. The molecule has 5 rings (SSSR count). The van der Waals surface area contributed by atoms with Crippen LogP contribution >= 0.6 is 0 Å². The number of fused-ring (bicyclic) bond motifs is 2. The predicted molar refractivity (Wildman–Crippen MR) is 120 cm³/mol. The van der Waals surface area contributed by atoms with Gasteiger partial charge in [0.25, 0.3) is 15.6 Å². The van der Waals surface area contributed by atoms with Gasteiger partial charge in [0.05, 0.1) is 11.2 Å². The summed E-state index contributed by atoms with van der Waals surface area (Å²) in [5.74, 6) is 0.0589. The van der Waals surface area contributed by atoms with Gasteiger partial charge in [-0.25, -0.2) is 4.68 Å². The lowest BCUT2D eigenvalue weighted by Gasteiger charge is -2.22. The molecule has 9 heteroatoms. The van der Waals surface area contributed by atoms with Gasteiger partial charge in [-0.3, -0.25) is 4.79 Å². The second kappa shape index (κ2) is 7.12. The van der Waals surface area contributed by atoms with Crippen molar-refractivity contribution in [3.8, 4) is 5.75 Å². The number of amidine groups is 1. The highest BCUT2D eigenvalue weighted by atomic mass is 32.2. The zero-order valence-corrected chi connectivity index (χ0v) is 17.7. The average molecular weight is 439 g/mol. The Labute approximate surface area is 179 Å². The van der Waals surface area contributed by atoms with Crippen LogP contribution in [-0.2, 0) is 10.0 Å². The van der Waals surface area contributed by atoms with Crippen molar-refractivity contribution < 1.29 is 13.5 Å². The fraction of sp³-hybridized carbons (Fsp3) is 0.273. The summed E-state index contributed by atoms with van der Waals surface area (Å²) in [7, 11) is -4.02. The van der Waals surface area contributed by atoms with E-state index in [2.05, 4.69) is 22.1 Å². The Hall–Kier alpha value is -3.33. The lowest BCUT2D eigenvalue weighted by atomic mass is 10.1. The monoisotopic (exact) mass is 438 g/mol. The first kappa shape index (κ1) is 19.6. The molecule has 2 unspecified atom stereocenters. The fourth-order valence-electron chi connectivity index (χ4n) is 4.40. The predicted octanol–water partition coefficient (Wildman–Crippen LogP) is 3.00. The lowest BCUT2D eigenvalue weighted by molar-refractivity contribution is 0.477. The Morgan fingerprint density at radius 2 is 1.87 bits per heavy atom. The van der Waals surface area contributed by atoms with Gasteiger partial charge < -0.3 is 15.8 Å². The molecule has 0 bridgehead atoms. The first-order chi connectivity index (χ1) is 14.8. The van der Waals surface area contributed by atoms with Gasteiger partial charge in [0.2, 0.25) is 0 Å². The van der Waals surface area contributed by atoms with E-state index in [0.717, 1.165) is 19.3 Å². The van der Waals surface area contributed by atoms with Gasteiger partial charge in [0.15, 0.2) is 5.84 Å². The molecule has 2 aliphatic rings. The summed E-state index contributed by atoms with van der Waals surface area (Å²) in [6.07, 6.45) is 2.93. The molecule has 1 fully saturated rings. The largest absolute Gasteiger partial charge is 0.506 e. The summed E-state index contributed by atoms with van der Waals surface area (Å²) >= 11 is 0. The number of para-hydroxylation sites is 2. The van der Waals surface area contributed by atoms with Crippen LogP contribution in [0.25, 0.3) is 10.9 Å². The molecule has 3 aromatic rings. The van der Waals surface area contributed by atoms with Crippen molar-refractivity contribution >= 4 is 32.4 Å². The number of nitrogens with zero attached hydrogens (tertiary/aromatic N) is 2. The highest BCUT2D eigenvalue weighted by Gasteiger charge is 2.30. The number of aromatic hydroxyl groups is 1. The number of hydrogen-bond donors (Lipinski definition) is 3. The normalized spacial score (nSPS) is 21.9. The van der Waals surface area contributed by atoms with Gasteiger partial charge in [0, 0.05) is 11.4 Å². The minimum atomic E-state index is -4.02. The van der Waals surface area contributed by atoms with Crippen LogP contribution in [0, 0.1) is 5.92 Å². The van der Waals surface area contributed by atoms with E-state index in [0.29, 0.717) is 22.5 Å². The van der Waals surface area contributed by atoms with Crippen molar-refractivity contribution in [3.05, 3.63) is 64.4 Å². The molecular weight excluding hydrogens is 416 g/mol. The van der Waals surface area contributed by atoms with Gasteiger partial charge in [0.1, 0.15) is 16.2 Å². The molecule has 31 heavy (non-hydrogen) atoms. The van der Waals surface area contributed by atoms with Gasteiger partial charge >= 0.3 is 0 Å². The van der Waals surface area contributed by atoms with Crippen LogP contribution in [0.15, 0.2) is 62.6 Å². The molecule has 2 atom stereocenters. The Morgan fingerprint density at radius 1 is 1.13 bits per heavy atom. The molecule has 1 aliphatic carbocycles. The number of pyridine rings is 1.